The molecular weight excluding hydrogens is 198 g/mol. The lowest BCUT2D eigenvalue weighted by Gasteiger charge is -2.36. The van der Waals surface area contributed by atoms with Crippen molar-refractivity contribution in [3.05, 3.63) is 0 Å². The molecule has 0 aliphatic carbocycles. The second-order valence-corrected chi connectivity index (χ2v) is 5.26. The fourth-order valence-electron chi connectivity index (χ4n) is 1.93. The molecule has 0 rings (SSSR count). The molecule has 0 heterocycles. The molecule has 0 aromatic rings. The Balaban J connectivity index is 4.52. The monoisotopic (exact) mass is 225 g/mol. The Morgan fingerprint density at radius 1 is 1.38 bits per heavy atom. The summed E-state index contributed by atoms with van der Waals surface area (Å²) in [4.78, 5) is 2.43. The molecule has 1 unspecified atom stereocenters. The molecule has 16 heavy (non-hydrogen) atoms. The highest BCUT2D eigenvalue weighted by molar-refractivity contribution is 4.85. The predicted octanol–water partition coefficient (Wildman–Crippen LogP) is 2.38. The van der Waals surface area contributed by atoms with Crippen LogP contribution in [0.1, 0.15) is 47.0 Å². The summed E-state index contributed by atoms with van der Waals surface area (Å²) < 4.78 is 0. The summed E-state index contributed by atoms with van der Waals surface area (Å²) in [6, 6.07) is 2.67. The van der Waals surface area contributed by atoms with Crippen LogP contribution in [0.3, 0.4) is 0 Å². The van der Waals surface area contributed by atoms with E-state index in [-0.39, 0.29) is 5.41 Å². The first-order valence-electron chi connectivity index (χ1n) is 6.31. The largest absolute Gasteiger partial charge is 0.330 e. The lowest BCUT2D eigenvalue weighted by molar-refractivity contribution is 0.130. The van der Waals surface area contributed by atoms with Crippen molar-refractivity contribution in [2.45, 2.75) is 53.0 Å². The summed E-state index contributed by atoms with van der Waals surface area (Å²) in [7, 11) is 0. The first-order chi connectivity index (χ1) is 7.50. The van der Waals surface area contributed by atoms with E-state index in [1.165, 1.54) is 0 Å². The Kier molecular flexibility index (Phi) is 7.36. The van der Waals surface area contributed by atoms with Crippen LogP contribution in [-0.2, 0) is 0 Å². The number of nitriles is 1. The van der Waals surface area contributed by atoms with Gasteiger partial charge in [0.25, 0.3) is 0 Å². The number of nitrogens with zero attached hydrogens (tertiary/aromatic N) is 2. The minimum absolute atomic E-state index is 0.137. The van der Waals surface area contributed by atoms with Gasteiger partial charge in [-0.3, -0.25) is 4.90 Å². The molecule has 0 aliphatic rings. The van der Waals surface area contributed by atoms with Gasteiger partial charge in [-0.1, -0.05) is 27.7 Å². The Hall–Kier alpha value is -0.590. The van der Waals surface area contributed by atoms with Crippen molar-refractivity contribution in [1.29, 1.82) is 5.26 Å². The third kappa shape index (κ3) is 5.48. The zero-order valence-corrected chi connectivity index (χ0v) is 11.3. The fraction of sp³-hybridized carbons (Fsp3) is 0.923. The van der Waals surface area contributed by atoms with Crippen molar-refractivity contribution in [3.63, 3.8) is 0 Å². The molecule has 0 radical (unpaired) electrons. The highest BCUT2D eigenvalue weighted by Gasteiger charge is 2.24. The van der Waals surface area contributed by atoms with E-state index in [0.29, 0.717) is 19.0 Å². The number of hydrogen-bond acceptors (Lipinski definition) is 3. The molecule has 0 saturated carbocycles. The number of hydrogen-bond donors (Lipinski definition) is 1. The average Bonchev–Trinajstić information content (AvgIpc) is 2.25. The minimum Gasteiger partial charge on any atom is -0.330 e. The van der Waals surface area contributed by atoms with Crippen LogP contribution in [0, 0.1) is 16.7 Å². The molecule has 0 aromatic heterocycles. The van der Waals surface area contributed by atoms with Gasteiger partial charge in [0, 0.05) is 12.6 Å². The topological polar surface area (TPSA) is 53.0 Å². The lowest BCUT2D eigenvalue weighted by atomic mass is 9.91. The van der Waals surface area contributed by atoms with Crippen LogP contribution in [-0.4, -0.2) is 30.6 Å². The van der Waals surface area contributed by atoms with Gasteiger partial charge in [-0.25, -0.2) is 0 Å². The summed E-state index contributed by atoms with van der Waals surface area (Å²) >= 11 is 0. The van der Waals surface area contributed by atoms with Gasteiger partial charge in [-0.15, -0.1) is 0 Å². The van der Waals surface area contributed by atoms with Crippen molar-refractivity contribution in [1.82, 2.24) is 4.90 Å². The maximum Gasteiger partial charge on any atom is 0.0638 e. The standard InChI is InChI=1S/C13H27N3/c1-5-9-16(11-13(3,4)10-15)12(6-2)7-8-14/h12H,5-7,9-11,15H2,1-4H3. The summed E-state index contributed by atoms with van der Waals surface area (Å²) in [5.41, 5.74) is 5.91. The number of rotatable bonds is 8. The van der Waals surface area contributed by atoms with Crippen molar-refractivity contribution in [2.75, 3.05) is 19.6 Å². The normalized spacial score (nSPS) is 13.8. The molecule has 3 nitrogen and oxygen atoms in total. The zero-order valence-electron chi connectivity index (χ0n) is 11.3. The molecule has 0 aromatic carbocycles. The zero-order chi connectivity index (χ0) is 12.6. The maximum absolute atomic E-state index is 8.84. The van der Waals surface area contributed by atoms with Crippen molar-refractivity contribution in [2.24, 2.45) is 11.1 Å². The van der Waals surface area contributed by atoms with E-state index < -0.39 is 0 Å². The third-order valence-corrected chi connectivity index (χ3v) is 3.01. The first-order valence-corrected chi connectivity index (χ1v) is 6.31. The van der Waals surface area contributed by atoms with Crippen LogP contribution in [0.5, 0.6) is 0 Å². The quantitative estimate of drug-likeness (QED) is 0.690. The molecule has 0 amide bonds. The molecule has 0 bridgehead atoms. The molecule has 0 fully saturated rings. The second-order valence-electron chi connectivity index (χ2n) is 5.26. The summed E-state index contributed by atoms with van der Waals surface area (Å²) in [5, 5.41) is 8.84. The SMILES string of the molecule is CCCN(CC(C)(C)CN)C(CC)CC#N. The Morgan fingerprint density at radius 2 is 2.00 bits per heavy atom. The molecule has 94 valence electrons. The summed E-state index contributed by atoms with van der Waals surface area (Å²) in [6.07, 6.45) is 2.79. The van der Waals surface area contributed by atoms with Crippen molar-refractivity contribution in [3.8, 4) is 6.07 Å². The van der Waals surface area contributed by atoms with E-state index in [1.807, 2.05) is 0 Å². The van der Waals surface area contributed by atoms with Crippen LogP contribution < -0.4 is 5.73 Å². The van der Waals surface area contributed by atoms with E-state index in [9.17, 15) is 0 Å². The van der Waals surface area contributed by atoms with Gasteiger partial charge < -0.3 is 5.73 Å². The first kappa shape index (κ1) is 15.4. The molecule has 2 N–H and O–H groups in total. The van der Waals surface area contributed by atoms with Gasteiger partial charge in [-0.05, 0) is 31.3 Å². The van der Waals surface area contributed by atoms with Gasteiger partial charge in [0.05, 0.1) is 12.5 Å². The van der Waals surface area contributed by atoms with Crippen LogP contribution in [0.2, 0.25) is 0 Å². The van der Waals surface area contributed by atoms with Gasteiger partial charge >= 0.3 is 0 Å². The minimum atomic E-state index is 0.137. The Morgan fingerprint density at radius 3 is 2.38 bits per heavy atom. The van der Waals surface area contributed by atoms with Crippen LogP contribution in [0.25, 0.3) is 0 Å². The van der Waals surface area contributed by atoms with E-state index in [0.717, 1.165) is 25.9 Å². The molecular formula is C13H27N3. The van der Waals surface area contributed by atoms with Gasteiger partial charge in [0.1, 0.15) is 0 Å². The summed E-state index contributed by atoms with van der Waals surface area (Å²) in [6.45, 7) is 11.4. The van der Waals surface area contributed by atoms with E-state index in [1.54, 1.807) is 0 Å². The fourth-order valence-corrected chi connectivity index (χ4v) is 1.93. The van der Waals surface area contributed by atoms with E-state index in [4.69, 9.17) is 11.0 Å². The molecule has 3 heteroatoms. The van der Waals surface area contributed by atoms with E-state index in [2.05, 4.69) is 38.7 Å². The maximum atomic E-state index is 8.84. The average molecular weight is 225 g/mol. The van der Waals surface area contributed by atoms with E-state index >= 15 is 0 Å². The smallest absolute Gasteiger partial charge is 0.0638 e. The third-order valence-electron chi connectivity index (χ3n) is 3.01. The molecule has 0 saturated heterocycles. The summed E-state index contributed by atoms with van der Waals surface area (Å²) in [5.74, 6) is 0. The van der Waals surface area contributed by atoms with Crippen LogP contribution >= 0.6 is 0 Å². The number of nitrogens with two attached hydrogens (primary N) is 1. The second kappa shape index (κ2) is 7.65. The molecule has 0 spiro atoms. The highest BCUT2D eigenvalue weighted by atomic mass is 15.2. The van der Waals surface area contributed by atoms with Crippen LogP contribution in [0.4, 0.5) is 0 Å². The lowest BCUT2D eigenvalue weighted by Crippen LogP contribution is -2.44. The van der Waals surface area contributed by atoms with Crippen molar-refractivity contribution < 1.29 is 0 Å². The Labute approximate surface area is 101 Å². The Bertz CT molecular complexity index is 218. The highest BCUT2D eigenvalue weighted by Crippen LogP contribution is 2.19. The predicted molar refractivity (Wildman–Crippen MR) is 69.0 cm³/mol. The van der Waals surface area contributed by atoms with Crippen LogP contribution in [0.15, 0.2) is 0 Å². The van der Waals surface area contributed by atoms with Gasteiger partial charge in [0.2, 0.25) is 0 Å². The van der Waals surface area contributed by atoms with Gasteiger partial charge in [0.15, 0.2) is 0 Å². The van der Waals surface area contributed by atoms with Crippen molar-refractivity contribution >= 4 is 0 Å². The molecule has 0 aliphatic heterocycles. The van der Waals surface area contributed by atoms with Gasteiger partial charge in [-0.2, -0.15) is 5.26 Å². The molecule has 1 atom stereocenters.